The number of hydrogen-bond donors (Lipinski definition) is 0. The highest BCUT2D eigenvalue weighted by Crippen LogP contribution is 2.26. The average Bonchev–Trinajstić information content (AvgIpc) is 2.96. The minimum atomic E-state index is -0.152. The van der Waals surface area contributed by atoms with Gasteiger partial charge in [0.1, 0.15) is 5.75 Å². The van der Waals surface area contributed by atoms with E-state index in [2.05, 4.69) is 22.3 Å². The lowest BCUT2D eigenvalue weighted by atomic mass is 10.1. The average molecular weight is 327 g/mol. The zero-order chi connectivity index (χ0) is 16.7. The van der Waals surface area contributed by atoms with Crippen LogP contribution in [0.15, 0.2) is 29.4 Å². The molecule has 0 spiro atoms. The largest absolute Gasteiger partial charge is 0.497 e. The third-order valence-corrected chi connectivity index (χ3v) is 4.57. The van der Waals surface area contributed by atoms with Crippen molar-refractivity contribution in [1.29, 1.82) is 10.5 Å². The van der Waals surface area contributed by atoms with E-state index >= 15 is 0 Å². The standard InChI is InChI=1S/C16H17N5OS/c1-21-15(13-5-7-14(22-2)8-6-13)19-20-16(21)23-11-12(10-18)4-3-9-17/h5-8,12H,3-4,11H2,1-2H3. The van der Waals surface area contributed by atoms with Crippen LogP contribution in [0.25, 0.3) is 11.4 Å². The molecule has 2 aromatic rings. The molecule has 1 aromatic carbocycles. The van der Waals surface area contributed by atoms with Crippen LogP contribution in [0.2, 0.25) is 0 Å². The number of nitriles is 2. The molecule has 0 saturated carbocycles. The Morgan fingerprint density at radius 1 is 1.26 bits per heavy atom. The van der Waals surface area contributed by atoms with Crippen LogP contribution in [0, 0.1) is 28.6 Å². The molecule has 0 saturated heterocycles. The molecule has 23 heavy (non-hydrogen) atoms. The third-order valence-electron chi connectivity index (χ3n) is 3.38. The van der Waals surface area contributed by atoms with Crippen molar-refractivity contribution in [3.8, 4) is 29.3 Å². The fourth-order valence-corrected chi connectivity index (χ4v) is 3.00. The quantitative estimate of drug-likeness (QED) is 0.726. The topological polar surface area (TPSA) is 87.5 Å². The fraction of sp³-hybridized carbons (Fsp3) is 0.375. The molecule has 0 aliphatic heterocycles. The number of benzene rings is 1. The van der Waals surface area contributed by atoms with Crippen molar-refractivity contribution in [1.82, 2.24) is 14.8 Å². The normalized spacial score (nSPS) is 11.5. The molecule has 0 aliphatic rings. The molecule has 6 nitrogen and oxygen atoms in total. The highest BCUT2D eigenvalue weighted by molar-refractivity contribution is 7.99. The maximum absolute atomic E-state index is 9.11. The lowest BCUT2D eigenvalue weighted by Gasteiger charge is -2.07. The highest BCUT2D eigenvalue weighted by Gasteiger charge is 2.14. The molecular weight excluding hydrogens is 310 g/mol. The zero-order valence-corrected chi connectivity index (χ0v) is 13.9. The Bertz CT molecular complexity index is 726. The van der Waals surface area contributed by atoms with Gasteiger partial charge in [-0.1, -0.05) is 11.8 Å². The monoisotopic (exact) mass is 327 g/mol. The highest BCUT2D eigenvalue weighted by atomic mass is 32.2. The van der Waals surface area contributed by atoms with Crippen LogP contribution in [0.3, 0.4) is 0 Å². The van der Waals surface area contributed by atoms with Crippen molar-refractivity contribution in [3.63, 3.8) is 0 Å². The number of thioether (sulfide) groups is 1. The van der Waals surface area contributed by atoms with Crippen LogP contribution >= 0.6 is 11.8 Å². The van der Waals surface area contributed by atoms with E-state index in [4.69, 9.17) is 15.3 Å². The van der Waals surface area contributed by atoms with E-state index in [0.717, 1.165) is 22.3 Å². The van der Waals surface area contributed by atoms with Gasteiger partial charge in [-0.2, -0.15) is 10.5 Å². The van der Waals surface area contributed by atoms with Crippen LogP contribution < -0.4 is 4.74 Å². The first-order valence-corrected chi connectivity index (χ1v) is 8.11. The predicted molar refractivity (Wildman–Crippen MR) is 87.7 cm³/mol. The molecule has 0 fully saturated rings. The van der Waals surface area contributed by atoms with Gasteiger partial charge in [0, 0.05) is 24.8 Å². The number of hydrogen-bond acceptors (Lipinski definition) is 6. The van der Waals surface area contributed by atoms with E-state index in [0.29, 0.717) is 18.6 Å². The molecular formula is C16H17N5OS. The van der Waals surface area contributed by atoms with Crippen molar-refractivity contribution in [2.75, 3.05) is 12.9 Å². The molecule has 118 valence electrons. The van der Waals surface area contributed by atoms with Crippen molar-refractivity contribution in [2.45, 2.75) is 18.0 Å². The molecule has 7 heteroatoms. The van der Waals surface area contributed by atoms with Crippen LogP contribution in [-0.2, 0) is 7.05 Å². The lowest BCUT2D eigenvalue weighted by molar-refractivity contribution is 0.415. The summed E-state index contributed by atoms with van der Waals surface area (Å²) in [6, 6.07) is 11.9. The molecule has 1 aromatic heterocycles. The minimum absolute atomic E-state index is 0.152. The maximum atomic E-state index is 9.11. The molecule has 0 aliphatic carbocycles. The third kappa shape index (κ3) is 4.24. The second-order valence-corrected chi connectivity index (χ2v) is 5.91. The summed E-state index contributed by atoms with van der Waals surface area (Å²) < 4.78 is 7.06. The second-order valence-electron chi connectivity index (χ2n) is 4.93. The van der Waals surface area contributed by atoms with Crippen LogP contribution in [0.4, 0.5) is 0 Å². The molecule has 1 heterocycles. The first kappa shape index (κ1) is 16.9. The Balaban J connectivity index is 2.07. The van der Waals surface area contributed by atoms with Gasteiger partial charge in [0.15, 0.2) is 11.0 Å². The van der Waals surface area contributed by atoms with Crippen molar-refractivity contribution in [3.05, 3.63) is 24.3 Å². The van der Waals surface area contributed by atoms with E-state index < -0.39 is 0 Å². The Labute approximate surface area is 139 Å². The molecule has 0 radical (unpaired) electrons. The summed E-state index contributed by atoms with van der Waals surface area (Å²) in [6.07, 6.45) is 0.984. The van der Waals surface area contributed by atoms with Gasteiger partial charge in [0.2, 0.25) is 0 Å². The second kappa shape index (κ2) is 8.21. The van der Waals surface area contributed by atoms with E-state index in [1.807, 2.05) is 35.9 Å². The van der Waals surface area contributed by atoms with Crippen molar-refractivity contribution >= 4 is 11.8 Å². The summed E-state index contributed by atoms with van der Waals surface area (Å²) in [5.41, 5.74) is 0.953. The van der Waals surface area contributed by atoms with Gasteiger partial charge in [0.05, 0.1) is 25.2 Å². The molecule has 0 N–H and O–H groups in total. The number of aromatic nitrogens is 3. The Morgan fingerprint density at radius 2 is 2.00 bits per heavy atom. The molecule has 0 bridgehead atoms. The minimum Gasteiger partial charge on any atom is -0.497 e. The van der Waals surface area contributed by atoms with Gasteiger partial charge < -0.3 is 9.30 Å². The number of methoxy groups -OCH3 is 1. The first-order chi connectivity index (χ1) is 11.2. The molecule has 1 atom stereocenters. The summed E-state index contributed by atoms with van der Waals surface area (Å²) in [7, 11) is 3.53. The fourth-order valence-electron chi connectivity index (χ4n) is 2.03. The Morgan fingerprint density at radius 3 is 2.61 bits per heavy atom. The van der Waals surface area contributed by atoms with E-state index in [1.165, 1.54) is 11.8 Å². The van der Waals surface area contributed by atoms with Crippen LogP contribution in [0.5, 0.6) is 5.75 Å². The van der Waals surface area contributed by atoms with Gasteiger partial charge in [-0.15, -0.1) is 10.2 Å². The summed E-state index contributed by atoms with van der Waals surface area (Å²) in [6.45, 7) is 0. The maximum Gasteiger partial charge on any atom is 0.191 e. The smallest absolute Gasteiger partial charge is 0.191 e. The van der Waals surface area contributed by atoms with Gasteiger partial charge in [-0.3, -0.25) is 0 Å². The van der Waals surface area contributed by atoms with Gasteiger partial charge in [0.25, 0.3) is 0 Å². The summed E-state index contributed by atoms with van der Waals surface area (Å²) in [5.74, 6) is 2.01. The van der Waals surface area contributed by atoms with Gasteiger partial charge in [-0.25, -0.2) is 0 Å². The van der Waals surface area contributed by atoms with E-state index in [9.17, 15) is 0 Å². The Kier molecular flexibility index (Phi) is 6.02. The zero-order valence-electron chi connectivity index (χ0n) is 13.1. The van der Waals surface area contributed by atoms with Gasteiger partial charge >= 0.3 is 0 Å². The van der Waals surface area contributed by atoms with Crippen LogP contribution in [0.1, 0.15) is 12.8 Å². The van der Waals surface area contributed by atoms with E-state index in [-0.39, 0.29) is 5.92 Å². The first-order valence-electron chi connectivity index (χ1n) is 7.12. The van der Waals surface area contributed by atoms with Gasteiger partial charge in [-0.05, 0) is 30.7 Å². The van der Waals surface area contributed by atoms with Crippen molar-refractivity contribution < 1.29 is 4.74 Å². The predicted octanol–water partition coefficient (Wildman–Crippen LogP) is 3.03. The molecule has 0 amide bonds. The lowest BCUT2D eigenvalue weighted by Crippen LogP contribution is -2.02. The summed E-state index contributed by atoms with van der Waals surface area (Å²) in [4.78, 5) is 0. The molecule has 2 rings (SSSR count). The summed E-state index contributed by atoms with van der Waals surface area (Å²) in [5, 5.41) is 26.9. The van der Waals surface area contributed by atoms with Crippen LogP contribution in [-0.4, -0.2) is 27.6 Å². The Hall–Kier alpha value is -2.51. The number of nitrogens with zero attached hydrogens (tertiary/aromatic N) is 5. The van der Waals surface area contributed by atoms with Crippen molar-refractivity contribution in [2.24, 2.45) is 13.0 Å². The number of rotatable bonds is 7. The van der Waals surface area contributed by atoms with E-state index in [1.54, 1.807) is 7.11 Å². The number of ether oxygens (including phenoxy) is 1. The molecule has 1 unspecified atom stereocenters. The SMILES string of the molecule is COc1ccc(-c2nnc(SCC(C#N)CCC#N)n2C)cc1. The summed E-state index contributed by atoms with van der Waals surface area (Å²) >= 11 is 1.49.